The molecule has 3 aromatic rings. The minimum atomic E-state index is -4.78. The summed E-state index contributed by atoms with van der Waals surface area (Å²) >= 11 is 5.23. The van der Waals surface area contributed by atoms with Gasteiger partial charge in [-0.1, -0.05) is 19.6 Å². The van der Waals surface area contributed by atoms with E-state index in [1.807, 2.05) is 0 Å². The Balaban J connectivity index is 1.45. The number of alkyl halides is 3. The first-order chi connectivity index (χ1) is 20.3. The Kier molecular flexibility index (Phi) is 11.0. The van der Waals surface area contributed by atoms with Gasteiger partial charge in [0.05, 0.1) is 24.2 Å². The second-order valence-corrected chi connectivity index (χ2v) is 17.5. The van der Waals surface area contributed by atoms with Gasteiger partial charge in [0.25, 0.3) is 0 Å². The molecule has 0 atom stereocenters. The van der Waals surface area contributed by atoms with Gasteiger partial charge in [-0.05, 0) is 37.3 Å². The highest BCUT2D eigenvalue weighted by Crippen LogP contribution is 2.42. The molecular formula is C28H36F5N5O3SSi. The summed E-state index contributed by atoms with van der Waals surface area (Å²) < 4.78 is 89.8. The van der Waals surface area contributed by atoms with Crippen LogP contribution in [0.15, 0.2) is 30.6 Å². The van der Waals surface area contributed by atoms with Crippen LogP contribution < -0.4 is 15.4 Å². The fourth-order valence-electron chi connectivity index (χ4n) is 4.47. The van der Waals surface area contributed by atoms with Crippen molar-refractivity contribution >= 4 is 42.1 Å². The Morgan fingerprint density at radius 2 is 1.84 bits per heavy atom. The van der Waals surface area contributed by atoms with Crippen LogP contribution in [0.2, 0.25) is 25.7 Å². The summed E-state index contributed by atoms with van der Waals surface area (Å²) in [6.07, 6.45) is -1.89. The molecule has 0 bridgehead atoms. The van der Waals surface area contributed by atoms with Crippen molar-refractivity contribution in [2.24, 2.45) is 0 Å². The van der Waals surface area contributed by atoms with E-state index < -0.39 is 48.3 Å². The van der Waals surface area contributed by atoms with Crippen LogP contribution in [0.3, 0.4) is 0 Å². The lowest BCUT2D eigenvalue weighted by atomic mass is 10.2. The van der Waals surface area contributed by atoms with Gasteiger partial charge in [-0.15, -0.1) is 0 Å². The van der Waals surface area contributed by atoms with E-state index >= 15 is 8.78 Å². The maximum absolute atomic E-state index is 15.1. The highest BCUT2D eigenvalue weighted by atomic mass is 32.1. The molecule has 43 heavy (non-hydrogen) atoms. The molecule has 2 aromatic heterocycles. The summed E-state index contributed by atoms with van der Waals surface area (Å²) in [5.74, 6) is -3.49. The van der Waals surface area contributed by atoms with E-state index in [9.17, 15) is 13.2 Å². The second kappa shape index (κ2) is 14.3. The molecule has 0 aliphatic carbocycles. The lowest BCUT2D eigenvalue weighted by Crippen LogP contribution is -2.38. The van der Waals surface area contributed by atoms with Crippen molar-refractivity contribution in [1.82, 2.24) is 19.8 Å². The summed E-state index contributed by atoms with van der Waals surface area (Å²) in [4.78, 5) is 6.35. The molecule has 1 aliphatic heterocycles. The van der Waals surface area contributed by atoms with Crippen LogP contribution in [-0.2, 0) is 22.4 Å². The van der Waals surface area contributed by atoms with E-state index in [2.05, 4.69) is 40.2 Å². The number of nitrogens with one attached hydrogen (secondary N) is 2. The van der Waals surface area contributed by atoms with Crippen LogP contribution in [0, 0.1) is 11.6 Å². The number of halogens is 5. The number of anilines is 1. The number of pyridine rings is 1. The van der Waals surface area contributed by atoms with E-state index in [4.69, 9.17) is 26.4 Å². The first kappa shape index (κ1) is 33.0. The highest BCUT2D eigenvalue weighted by Gasteiger charge is 2.37. The van der Waals surface area contributed by atoms with Crippen LogP contribution in [0.25, 0.3) is 11.0 Å². The number of hydrogen-bond donors (Lipinski definition) is 2. The second-order valence-electron chi connectivity index (χ2n) is 11.4. The van der Waals surface area contributed by atoms with Gasteiger partial charge in [-0.2, -0.15) is 13.2 Å². The SMILES string of the molecule is C[Si](C)(C)CCOCn1cc(C(F)(F)F)c2c(Oc3c(F)cc(NC(=S)NCCCN4CCOCC4)cc3F)ccnc21. The van der Waals surface area contributed by atoms with Crippen LogP contribution in [0.4, 0.5) is 27.6 Å². The standard InChI is InChI=1S/C28H36F5N5O3SSi/c1-43(2,3)14-13-40-18-38-17-20(28(31,32)33)24-23(5-7-34-26(24)38)41-25-21(29)15-19(16-22(25)30)36-27(42)35-6-4-8-37-9-11-39-12-10-37/h5,7,15-17H,4,6,8-14,18H2,1-3H3,(H2,35,36,42). The van der Waals surface area contributed by atoms with E-state index in [-0.39, 0.29) is 23.2 Å². The van der Waals surface area contributed by atoms with Gasteiger partial charge < -0.3 is 29.4 Å². The number of rotatable bonds is 12. The number of nitrogens with zero attached hydrogens (tertiary/aromatic N) is 3. The Morgan fingerprint density at radius 3 is 2.49 bits per heavy atom. The van der Waals surface area contributed by atoms with E-state index in [1.165, 1.54) is 10.8 Å². The molecule has 0 amide bonds. The monoisotopic (exact) mass is 645 g/mol. The Labute approximate surface area is 253 Å². The molecule has 1 aromatic carbocycles. The van der Waals surface area contributed by atoms with Crippen molar-refractivity contribution in [3.63, 3.8) is 0 Å². The highest BCUT2D eigenvalue weighted by molar-refractivity contribution is 7.80. The Bertz CT molecular complexity index is 1390. The Hall–Kier alpha value is -2.85. The first-order valence-corrected chi connectivity index (χ1v) is 18.1. The molecule has 1 aliphatic rings. The fourth-order valence-corrected chi connectivity index (χ4v) is 5.45. The van der Waals surface area contributed by atoms with Crippen molar-refractivity contribution < 1.29 is 36.2 Å². The molecule has 0 radical (unpaired) electrons. The summed E-state index contributed by atoms with van der Waals surface area (Å²) in [6, 6.07) is 3.88. The minimum Gasteiger partial charge on any atom is -0.450 e. The zero-order valence-corrected chi connectivity index (χ0v) is 26.1. The van der Waals surface area contributed by atoms with Gasteiger partial charge in [-0.3, -0.25) is 4.90 Å². The predicted molar refractivity (Wildman–Crippen MR) is 161 cm³/mol. The molecule has 4 rings (SSSR count). The molecule has 1 saturated heterocycles. The number of morpholine rings is 1. The summed E-state index contributed by atoms with van der Waals surface area (Å²) in [5.41, 5.74) is -1.11. The maximum Gasteiger partial charge on any atom is 0.418 e. The van der Waals surface area contributed by atoms with Gasteiger partial charge in [0.15, 0.2) is 22.5 Å². The number of fused-ring (bicyclic) bond motifs is 1. The van der Waals surface area contributed by atoms with Crippen molar-refractivity contribution in [3.8, 4) is 11.5 Å². The Morgan fingerprint density at radius 1 is 1.14 bits per heavy atom. The third kappa shape index (κ3) is 9.32. The lowest BCUT2D eigenvalue weighted by molar-refractivity contribution is -0.136. The molecule has 8 nitrogen and oxygen atoms in total. The summed E-state index contributed by atoms with van der Waals surface area (Å²) in [6.45, 7) is 11.3. The average molecular weight is 646 g/mol. The van der Waals surface area contributed by atoms with Crippen molar-refractivity contribution in [2.45, 2.75) is 45.0 Å². The first-order valence-electron chi connectivity index (χ1n) is 14.0. The van der Waals surface area contributed by atoms with E-state index in [0.717, 1.165) is 56.5 Å². The average Bonchev–Trinajstić information content (AvgIpc) is 3.31. The van der Waals surface area contributed by atoms with Gasteiger partial charge in [0.1, 0.15) is 18.1 Å². The summed E-state index contributed by atoms with van der Waals surface area (Å²) in [7, 11) is -1.41. The largest absolute Gasteiger partial charge is 0.450 e. The molecule has 0 unspecified atom stereocenters. The van der Waals surface area contributed by atoms with Crippen molar-refractivity contribution in [1.29, 1.82) is 0 Å². The maximum atomic E-state index is 15.1. The van der Waals surface area contributed by atoms with Crippen molar-refractivity contribution in [3.05, 3.63) is 47.8 Å². The number of hydrogen-bond acceptors (Lipinski definition) is 6. The van der Waals surface area contributed by atoms with Gasteiger partial charge in [-0.25, -0.2) is 13.8 Å². The predicted octanol–water partition coefficient (Wildman–Crippen LogP) is 6.45. The van der Waals surface area contributed by atoms with Gasteiger partial charge >= 0.3 is 6.18 Å². The van der Waals surface area contributed by atoms with E-state index in [1.54, 1.807) is 0 Å². The smallest absolute Gasteiger partial charge is 0.418 e. The number of aromatic nitrogens is 2. The molecule has 1 fully saturated rings. The van der Waals surface area contributed by atoms with Gasteiger partial charge in [0, 0.05) is 64.5 Å². The molecule has 236 valence electrons. The quantitative estimate of drug-likeness (QED) is 0.101. The minimum absolute atomic E-state index is 0.0190. The molecule has 15 heteroatoms. The van der Waals surface area contributed by atoms with Crippen LogP contribution >= 0.6 is 12.2 Å². The zero-order valence-electron chi connectivity index (χ0n) is 24.3. The third-order valence-corrected chi connectivity index (χ3v) is 8.71. The number of ether oxygens (including phenoxy) is 3. The van der Waals surface area contributed by atoms with Gasteiger partial charge in [0.2, 0.25) is 0 Å². The van der Waals surface area contributed by atoms with E-state index in [0.29, 0.717) is 26.4 Å². The molecule has 0 saturated carbocycles. The zero-order chi connectivity index (χ0) is 31.2. The molecule has 2 N–H and O–H groups in total. The molecule has 3 heterocycles. The summed E-state index contributed by atoms with van der Waals surface area (Å²) in [5, 5.41) is 5.47. The van der Waals surface area contributed by atoms with Crippen LogP contribution in [0.5, 0.6) is 11.5 Å². The van der Waals surface area contributed by atoms with Crippen LogP contribution in [0.1, 0.15) is 12.0 Å². The third-order valence-electron chi connectivity index (χ3n) is 6.76. The molecular weight excluding hydrogens is 609 g/mol. The molecule has 0 spiro atoms. The number of thiocarbonyl (C=S) groups is 1. The fraction of sp³-hybridized carbons (Fsp3) is 0.500. The van der Waals surface area contributed by atoms with Crippen LogP contribution in [-0.4, -0.2) is 73.6 Å². The topological polar surface area (TPSA) is 72.8 Å². The number of benzene rings is 1. The normalized spacial score (nSPS) is 14.7. The lowest BCUT2D eigenvalue weighted by Gasteiger charge is -2.26. The van der Waals surface area contributed by atoms with Crippen molar-refractivity contribution in [2.75, 3.05) is 51.3 Å².